The maximum absolute atomic E-state index is 12.9. The standard InChI is InChI=1S/C26H36ClN3O4Si/c1-16-21(20(15-31)28-30(16)6)22-19(27)13-12-18-17(24(25(32)33-7)29(5)23(18)22)11-10-14-34-35(8,9)26(2,3)4/h12-13,15H,10-11,14H2,1-9H3. The molecule has 0 aliphatic heterocycles. The summed E-state index contributed by atoms with van der Waals surface area (Å²) < 4.78 is 15.0. The van der Waals surface area contributed by atoms with Crippen LogP contribution in [0.5, 0.6) is 0 Å². The van der Waals surface area contributed by atoms with Crippen molar-refractivity contribution in [1.82, 2.24) is 14.3 Å². The van der Waals surface area contributed by atoms with E-state index in [1.54, 1.807) is 11.7 Å². The van der Waals surface area contributed by atoms with Gasteiger partial charge >= 0.3 is 5.97 Å². The summed E-state index contributed by atoms with van der Waals surface area (Å²) in [5.41, 5.74) is 4.62. The predicted molar refractivity (Wildman–Crippen MR) is 143 cm³/mol. The second-order valence-corrected chi connectivity index (χ2v) is 15.7. The molecular formula is C26H36ClN3O4Si. The average Bonchev–Trinajstić information content (AvgIpc) is 3.23. The van der Waals surface area contributed by atoms with E-state index < -0.39 is 14.3 Å². The largest absolute Gasteiger partial charge is 0.464 e. The van der Waals surface area contributed by atoms with Gasteiger partial charge in [-0.25, -0.2) is 4.79 Å². The molecule has 9 heteroatoms. The number of hydrogen-bond donors (Lipinski definition) is 0. The number of nitrogens with zero attached hydrogens (tertiary/aromatic N) is 3. The molecule has 2 aromatic heterocycles. The minimum Gasteiger partial charge on any atom is -0.464 e. The zero-order valence-electron chi connectivity index (χ0n) is 22.2. The van der Waals surface area contributed by atoms with Crippen molar-refractivity contribution in [2.24, 2.45) is 14.1 Å². The Morgan fingerprint density at radius 2 is 1.86 bits per heavy atom. The van der Waals surface area contributed by atoms with Gasteiger partial charge in [0, 0.05) is 42.9 Å². The Kier molecular flexibility index (Phi) is 7.69. The lowest BCUT2D eigenvalue weighted by Gasteiger charge is -2.36. The molecule has 3 rings (SSSR count). The Morgan fingerprint density at radius 3 is 2.43 bits per heavy atom. The van der Waals surface area contributed by atoms with E-state index in [0.717, 1.165) is 34.9 Å². The Balaban J connectivity index is 2.14. The van der Waals surface area contributed by atoms with Crippen LogP contribution in [0.25, 0.3) is 22.0 Å². The highest BCUT2D eigenvalue weighted by molar-refractivity contribution is 6.74. The number of ether oxygens (including phenoxy) is 1. The van der Waals surface area contributed by atoms with Gasteiger partial charge in [-0.1, -0.05) is 38.4 Å². The van der Waals surface area contributed by atoms with Gasteiger partial charge in [-0.2, -0.15) is 5.10 Å². The minimum atomic E-state index is -1.87. The third kappa shape index (κ3) is 4.84. The smallest absolute Gasteiger partial charge is 0.354 e. The van der Waals surface area contributed by atoms with Crippen LogP contribution < -0.4 is 0 Å². The molecule has 0 saturated heterocycles. The zero-order valence-corrected chi connectivity index (χ0v) is 24.0. The van der Waals surface area contributed by atoms with Gasteiger partial charge in [0.25, 0.3) is 0 Å². The highest BCUT2D eigenvalue weighted by Crippen LogP contribution is 2.42. The topological polar surface area (TPSA) is 75.4 Å². The molecule has 0 radical (unpaired) electrons. The number of hydrogen-bond acceptors (Lipinski definition) is 5. The molecule has 2 heterocycles. The second-order valence-electron chi connectivity index (χ2n) is 10.5. The van der Waals surface area contributed by atoms with E-state index in [1.165, 1.54) is 7.11 Å². The fourth-order valence-electron chi connectivity index (χ4n) is 4.27. The molecule has 0 bridgehead atoms. The predicted octanol–water partition coefficient (Wildman–Crippen LogP) is 6.09. The molecule has 0 aliphatic rings. The molecule has 0 atom stereocenters. The molecule has 7 nitrogen and oxygen atoms in total. The van der Waals surface area contributed by atoms with Crippen LogP contribution in [0.4, 0.5) is 0 Å². The summed E-state index contributed by atoms with van der Waals surface area (Å²) >= 11 is 6.72. The first kappa shape index (κ1) is 27.2. The molecule has 1 aromatic carbocycles. The van der Waals surface area contributed by atoms with Gasteiger partial charge in [-0.3, -0.25) is 9.48 Å². The molecule has 0 fully saturated rings. The summed E-state index contributed by atoms with van der Waals surface area (Å²) in [6.45, 7) is 13.6. The number of carbonyl (C=O) groups is 2. The quantitative estimate of drug-likeness (QED) is 0.156. The molecule has 0 saturated carbocycles. The Labute approximate surface area is 213 Å². The lowest BCUT2D eigenvalue weighted by atomic mass is 9.98. The number of carbonyl (C=O) groups excluding carboxylic acids is 2. The van der Waals surface area contributed by atoms with E-state index in [1.807, 2.05) is 30.7 Å². The lowest BCUT2D eigenvalue weighted by molar-refractivity contribution is 0.0589. The third-order valence-electron chi connectivity index (χ3n) is 7.35. The number of aldehydes is 1. The van der Waals surface area contributed by atoms with E-state index in [-0.39, 0.29) is 5.04 Å². The molecule has 3 aromatic rings. The van der Waals surface area contributed by atoms with E-state index in [9.17, 15) is 9.59 Å². The van der Waals surface area contributed by atoms with Crippen LogP contribution in [0.1, 0.15) is 59.4 Å². The van der Waals surface area contributed by atoms with Crippen molar-refractivity contribution in [2.45, 2.75) is 58.7 Å². The number of halogens is 1. The van der Waals surface area contributed by atoms with Gasteiger partial charge in [-0.05, 0) is 49.5 Å². The first-order valence-corrected chi connectivity index (χ1v) is 15.1. The van der Waals surface area contributed by atoms with Gasteiger partial charge in [0.15, 0.2) is 14.6 Å². The highest BCUT2D eigenvalue weighted by atomic mass is 35.5. The highest BCUT2D eigenvalue weighted by Gasteiger charge is 2.37. The first-order valence-electron chi connectivity index (χ1n) is 11.8. The number of methoxy groups -OCH3 is 1. The van der Waals surface area contributed by atoms with Crippen molar-refractivity contribution in [2.75, 3.05) is 13.7 Å². The summed E-state index contributed by atoms with van der Waals surface area (Å²) in [5.74, 6) is -0.412. The average molecular weight is 518 g/mol. The van der Waals surface area contributed by atoms with Crippen molar-refractivity contribution in [3.8, 4) is 11.1 Å². The molecular weight excluding hydrogens is 482 g/mol. The van der Waals surface area contributed by atoms with Crippen molar-refractivity contribution in [3.05, 3.63) is 39.8 Å². The summed E-state index contributed by atoms with van der Waals surface area (Å²) in [7, 11) is 3.14. The number of esters is 1. The summed E-state index contributed by atoms with van der Waals surface area (Å²) in [4.78, 5) is 24.7. The Morgan fingerprint density at radius 1 is 1.20 bits per heavy atom. The van der Waals surface area contributed by atoms with E-state index in [0.29, 0.717) is 40.6 Å². The summed E-state index contributed by atoms with van der Waals surface area (Å²) in [6, 6.07) is 3.75. The Bertz CT molecular complexity index is 1280. The van der Waals surface area contributed by atoms with E-state index in [2.05, 4.69) is 39.0 Å². The monoisotopic (exact) mass is 517 g/mol. The van der Waals surface area contributed by atoms with Gasteiger partial charge in [0.2, 0.25) is 0 Å². The van der Waals surface area contributed by atoms with Crippen molar-refractivity contribution in [3.63, 3.8) is 0 Å². The van der Waals surface area contributed by atoms with Crippen LogP contribution in [-0.4, -0.2) is 48.6 Å². The molecule has 0 aliphatic carbocycles. The van der Waals surface area contributed by atoms with Crippen LogP contribution in [0.3, 0.4) is 0 Å². The molecule has 35 heavy (non-hydrogen) atoms. The molecule has 0 amide bonds. The molecule has 0 N–H and O–H groups in total. The van der Waals surface area contributed by atoms with Crippen LogP contribution in [-0.2, 0) is 29.7 Å². The maximum Gasteiger partial charge on any atom is 0.354 e. The van der Waals surface area contributed by atoms with Crippen molar-refractivity contribution < 1.29 is 18.8 Å². The van der Waals surface area contributed by atoms with Crippen molar-refractivity contribution in [1.29, 1.82) is 0 Å². The second kappa shape index (κ2) is 9.91. The van der Waals surface area contributed by atoms with Gasteiger partial charge in [0.1, 0.15) is 11.4 Å². The molecule has 0 spiro atoms. The number of aryl methyl sites for hydroxylation is 3. The number of rotatable bonds is 8. The summed E-state index contributed by atoms with van der Waals surface area (Å²) in [5, 5.41) is 5.87. The first-order chi connectivity index (χ1) is 16.3. The van der Waals surface area contributed by atoms with Crippen LogP contribution in [0.15, 0.2) is 12.1 Å². The number of benzene rings is 1. The normalized spacial score (nSPS) is 12.4. The van der Waals surface area contributed by atoms with Crippen LogP contribution in [0.2, 0.25) is 23.2 Å². The SMILES string of the molecule is COC(=O)c1c(CCCO[Si](C)(C)C(C)(C)C)c2ccc(Cl)c(-c3c(C=O)nn(C)c3C)c2n1C. The number of fused-ring (bicyclic) bond motifs is 1. The fourth-order valence-corrected chi connectivity index (χ4v) is 5.60. The van der Waals surface area contributed by atoms with Gasteiger partial charge in [-0.15, -0.1) is 0 Å². The van der Waals surface area contributed by atoms with E-state index >= 15 is 0 Å². The number of aromatic nitrogens is 3. The summed E-state index contributed by atoms with van der Waals surface area (Å²) in [6.07, 6.45) is 2.14. The zero-order chi connectivity index (χ0) is 26.3. The lowest BCUT2D eigenvalue weighted by Crippen LogP contribution is -2.41. The molecule has 0 unspecified atom stereocenters. The fraction of sp³-hybridized carbons (Fsp3) is 0.500. The van der Waals surface area contributed by atoms with Crippen LogP contribution >= 0.6 is 11.6 Å². The van der Waals surface area contributed by atoms with Crippen molar-refractivity contribution >= 4 is 43.1 Å². The third-order valence-corrected chi connectivity index (χ3v) is 12.2. The van der Waals surface area contributed by atoms with Crippen LogP contribution in [0, 0.1) is 6.92 Å². The minimum absolute atomic E-state index is 0.132. The molecule has 190 valence electrons. The van der Waals surface area contributed by atoms with Gasteiger partial charge in [0.05, 0.1) is 17.6 Å². The maximum atomic E-state index is 12.9. The van der Waals surface area contributed by atoms with Gasteiger partial charge < -0.3 is 13.7 Å². The van der Waals surface area contributed by atoms with E-state index in [4.69, 9.17) is 20.8 Å². The Hall–Kier alpha value is -2.42.